The molecule has 0 amide bonds. The van der Waals surface area contributed by atoms with Gasteiger partial charge in [-0.05, 0) is 57.5 Å². The molecule has 1 aromatic rings. The van der Waals surface area contributed by atoms with E-state index >= 15 is 0 Å². The summed E-state index contributed by atoms with van der Waals surface area (Å²) in [6.45, 7) is 13.9. The van der Waals surface area contributed by atoms with Crippen LogP contribution in [0.5, 0.6) is 11.5 Å². The molecule has 0 aromatic heterocycles. The summed E-state index contributed by atoms with van der Waals surface area (Å²) in [5, 5.41) is 3.83. The zero-order chi connectivity index (χ0) is 20.1. The number of oxime groups is 1. The largest absolute Gasteiger partial charge is 0.490 e. The molecule has 152 valence electrons. The normalized spacial score (nSPS) is 12.0. The first-order valence-electron chi connectivity index (χ1n) is 9.36. The van der Waals surface area contributed by atoms with Crippen molar-refractivity contribution >= 4 is 5.71 Å². The fraction of sp³-hybridized carbons (Fsp3) is 0.571. The van der Waals surface area contributed by atoms with Crippen LogP contribution in [0.25, 0.3) is 0 Å². The smallest absolute Gasteiger partial charge is 0.142 e. The molecule has 1 aromatic carbocycles. The second kappa shape index (κ2) is 13.2. The maximum atomic E-state index is 6.08. The van der Waals surface area contributed by atoms with E-state index in [-0.39, 0.29) is 0 Å². The molecule has 0 saturated heterocycles. The van der Waals surface area contributed by atoms with Crippen LogP contribution in [0.2, 0.25) is 0 Å². The topological polar surface area (TPSA) is 52.5 Å². The third-order valence-electron chi connectivity index (χ3n) is 3.96. The molecule has 0 spiro atoms. The number of rotatable bonds is 13. The van der Waals surface area contributed by atoms with E-state index in [4.69, 9.17) is 19.0 Å². The van der Waals surface area contributed by atoms with Crippen molar-refractivity contribution < 1.29 is 19.0 Å². The highest BCUT2D eigenvalue weighted by molar-refractivity contribution is 5.82. The van der Waals surface area contributed by atoms with Gasteiger partial charge in [0.2, 0.25) is 0 Å². The average molecular weight is 379 g/mol. The zero-order valence-corrected chi connectivity index (χ0v) is 17.6. The lowest BCUT2D eigenvalue weighted by atomic mass is 10.1. The van der Waals surface area contributed by atoms with Crippen LogP contribution >= 0.6 is 0 Å². The molecule has 0 saturated carbocycles. The van der Waals surface area contributed by atoms with Crippen molar-refractivity contribution in [1.29, 1.82) is 0 Å². The monoisotopic (exact) mass is 378 g/mol. The molecule has 0 radical (unpaired) electrons. The second-order valence-corrected chi connectivity index (χ2v) is 6.31. The number of ether oxygens (including phenoxy) is 3. The first-order valence-corrected chi connectivity index (χ1v) is 9.36. The Morgan fingerprint density at radius 2 is 1.89 bits per heavy atom. The number of hydrogen-bond acceptors (Lipinski definition) is 6. The van der Waals surface area contributed by atoms with E-state index in [1.165, 1.54) is 7.11 Å². The van der Waals surface area contributed by atoms with E-state index in [0.29, 0.717) is 26.6 Å². The van der Waals surface area contributed by atoms with Crippen LogP contribution in [-0.2, 0) is 9.57 Å². The van der Waals surface area contributed by atoms with Gasteiger partial charge < -0.3 is 19.0 Å². The van der Waals surface area contributed by atoms with Gasteiger partial charge in [-0.1, -0.05) is 24.2 Å². The first kappa shape index (κ1) is 23.0. The number of hydrogen-bond donors (Lipinski definition) is 0. The lowest BCUT2D eigenvalue weighted by Gasteiger charge is -2.22. The second-order valence-electron chi connectivity index (χ2n) is 6.31. The third-order valence-corrected chi connectivity index (χ3v) is 3.96. The predicted octanol–water partition coefficient (Wildman–Crippen LogP) is 3.96. The molecule has 0 fully saturated rings. The van der Waals surface area contributed by atoms with Gasteiger partial charge in [0.25, 0.3) is 0 Å². The Kier molecular flexibility index (Phi) is 11.2. The van der Waals surface area contributed by atoms with E-state index in [1.54, 1.807) is 0 Å². The predicted molar refractivity (Wildman–Crippen MR) is 110 cm³/mol. The van der Waals surface area contributed by atoms with Crippen molar-refractivity contribution in [2.45, 2.75) is 34.6 Å². The highest BCUT2D eigenvalue weighted by atomic mass is 16.6. The van der Waals surface area contributed by atoms with Gasteiger partial charge in [-0.15, -0.1) is 0 Å². The minimum Gasteiger partial charge on any atom is -0.490 e. The number of aryl methyl sites for hydroxylation is 2. The van der Waals surface area contributed by atoms with Crippen LogP contribution in [0.15, 0.2) is 29.4 Å². The quantitative estimate of drug-likeness (QED) is 0.171. The SMILES string of the molecule is C/C=C/COc1cc(C)c(OCN(CC)CCOC/C(C)=N/OC)c(C)c1. The van der Waals surface area contributed by atoms with Crippen molar-refractivity contribution in [3.8, 4) is 11.5 Å². The molecular formula is C21H34N2O4. The summed E-state index contributed by atoms with van der Waals surface area (Å²) in [6.07, 6.45) is 3.96. The number of allylic oxidation sites excluding steroid dienone is 1. The van der Waals surface area contributed by atoms with Crippen LogP contribution in [0.3, 0.4) is 0 Å². The molecule has 27 heavy (non-hydrogen) atoms. The molecule has 0 N–H and O–H groups in total. The summed E-state index contributed by atoms with van der Waals surface area (Å²) in [5.41, 5.74) is 2.97. The summed E-state index contributed by atoms with van der Waals surface area (Å²) in [4.78, 5) is 6.91. The standard InChI is InChI=1S/C21H34N2O4/c1-7-9-11-26-20-13-17(3)21(18(4)14-20)27-16-23(8-2)10-12-25-15-19(5)22-24-6/h7,9,13-14H,8,10-12,15-16H2,1-6H3/b9-7+,22-19+. The lowest BCUT2D eigenvalue weighted by molar-refractivity contribution is 0.0824. The molecule has 0 unspecified atom stereocenters. The van der Waals surface area contributed by atoms with Crippen LogP contribution in [0, 0.1) is 13.8 Å². The van der Waals surface area contributed by atoms with Crippen LogP contribution in [0.1, 0.15) is 31.9 Å². The summed E-state index contributed by atoms with van der Waals surface area (Å²) >= 11 is 0. The maximum Gasteiger partial charge on any atom is 0.142 e. The van der Waals surface area contributed by atoms with E-state index < -0.39 is 0 Å². The zero-order valence-electron chi connectivity index (χ0n) is 17.6. The maximum absolute atomic E-state index is 6.08. The Balaban J connectivity index is 2.50. The van der Waals surface area contributed by atoms with Crippen LogP contribution in [-0.4, -0.2) is 57.4 Å². The lowest BCUT2D eigenvalue weighted by Crippen LogP contribution is -2.32. The summed E-state index contributed by atoms with van der Waals surface area (Å²) in [5.74, 6) is 1.78. The van der Waals surface area contributed by atoms with Gasteiger partial charge in [0.15, 0.2) is 0 Å². The molecule has 0 heterocycles. The average Bonchev–Trinajstić information content (AvgIpc) is 2.63. The third kappa shape index (κ3) is 8.93. The molecule has 0 atom stereocenters. The van der Waals surface area contributed by atoms with E-state index in [1.807, 2.05) is 52.0 Å². The van der Waals surface area contributed by atoms with Crippen molar-refractivity contribution in [3.05, 3.63) is 35.4 Å². The molecule has 6 nitrogen and oxygen atoms in total. The van der Waals surface area contributed by atoms with Gasteiger partial charge in [-0.25, -0.2) is 0 Å². The molecular weight excluding hydrogens is 344 g/mol. The Bertz CT molecular complexity index is 591. The summed E-state index contributed by atoms with van der Waals surface area (Å²) in [7, 11) is 1.53. The molecule has 0 aliphatic heterocycles. The molecule has 6 heteroatoms. The van der Waals surface area contributed by atoms with Crippen molar-refractivity contribution in [3.63, 3.8) is 0 Å². The fourth-order valence-corrected chi connectivity index (χ4v) is 2.53. The molecule has 0 bridgehead atoms. The Morgan fingerprint density at radius 1 is 1.19 bits per heavy atom. The van der Waals surface area contributed by atoms with Gasteiger partial charge >= 0.3 is 0 Å². The van der Waals surface area contributed by atoms with Crippen LogP contribution < -0.4 is 9.47 Å². The van der Waals surface area contributed by atoms with Gasteiger partial charge in [0.1, 0.15) is 31.9 Å². The summed E-state index contributed by atoms with van der Waals surface area (Å²) in [6, 6.07) is 4.03. The Morgan fingerprint density at radius 3 is 2.48 bits per heavy atom. The minimum absolute atomic E-state index is 0.471. The number of likely N-dealkylation sites (N-methyl/N-ethyl adjacent to an activating group) is 1. The Hall–Kier alpha value is -2.05. The van der Waals surface area contributed by atoms with Gasteiger partial charge in [0, 0.05) is 6.54 Å². The van der Waals surface area contributed by atoms with Gasteiger partial charge in [-0.3, -0.25) is 4.90 Å². The van der Waals surface area contributed by atoms with Gasteiger partial charge in [0.05, 0.1) is 18.9 Å². The summed E-state index contributed by atoms with van der Waals surface area (Å²) < 4.78 is 17.4. The van der Waals surface area contributed by atoms with Crippen LogP contribution in [0.4, 0.5) is 0 Å². The van der Waals surface area contributed by atoms with E-state index in [0.717, 1.165) is 41.4 Å². The Labute approximate surface area is 163 Å². The molecule has 0 aliphatic rings. The highest BCUT2D eigenvalue weighted by Crippen LogP contribution is 2.28. The van der Waals surface area contributed by atoms with Gasteiger partial charge in [-0.2, -0.15) is 0 Å². The first-order chi connectivity index (χ1) is 13.0. The number of benzene rings is 1. The highest BCUT2D eigenvalue weighted by Gasteiger charge is 2.10. The van der Waals surface area contributed by atoms with Crippen molar-refractivity contribution in [2.75, 3.05) is 46.8 Å². The molecule has 0 aliphatic carbocycles. The van der Waals surface area contributed by atoms with E-state index in [2.05, 4.69) is 17.0 Å². The number of nitrogens with zero attached hydrogens (tertiary/aromatic N) is 2. The van der Waals surface area contributed by atoms with E-state index in [9.17, 15) is 0 Å². The molecule has 1 rings (SSSR count). The van der Waals surface area contributed by atoms with Crippen molar-refractivity contribution in [1.82, 2.24) is 4.90 Å². The van der Waals surface area contributed by atoms with Crippen molar-refractivity contribution in [2.24, 2.45) is 5.16 Å². The fourth-order valence-electron chi connectivity index (χ4n) is 2.53. The minimum atomic E-state index is 0.471.